The van der Waals surface area contributed by atoms with Crippen LogP contribution >= 0.6 is 22.6 Å². The van der Waals surface area contributed by atoms with Crippen LogP contribution in [0.15, 0.2) is 18.2 Å². The molecule has 1 aromatic rings. The molecular formula is C10H13IO3. The van der Waals surface area contributed by atoms with E-state index in [0.29, 0.717) is 0 Å². The monoisotopic (exact) mass is 308 g/mol. The van der Waals surface area contributed by atoms with Gasteiger partial charge in [0.1, 0.15) is 5.75 Å². The topological polar surface area (TPSA) is 38.7 Å². The molecule has 0 heterocycles. The van der Waals surface area contributed by atoms with E-state index in [1.54, 1.807) is 14.0 Å². The van der Waals surface area contributed by atoms with Gasteiger partial charge >= 0.3 is 0 Å². The van der Waals surface area contributed by atoms with E-state index in [1.165, 1.54) is 0 Å². The fourth-order valence-corrected chi connectivity index (χ4v) is 2.05. The number of aliphatic hydroxyl groups excluding tert-OH is 1. The standard InChI is InChI=1S/C10H13IO3/c1-7(12)8-4-3-5-9(10(8)11)14-6-13-2/h3-5,7,12H,6H2,1-2H3. The maximum absolute atomic E-state index is 9.46. The van der Waals surface area contributed by atoms with Crippen molar-refractivity contribution >= 4 is 22.6 Å². The van der Waals surface area contributed by atoms with Gasteiger partial charge in [-0.2, -0.15) is 0 Å². The van der Waals surface area contributed by atoms with Crippen molar-refractivity contribution in [1.29, 1.82) is 0 Å². The van der Waals surface area contributed by atoms with Crippen molar-refractivity contribution in [2.75, 3.05) is 13.9 Å². The lowest BCUT2D eigenvalue weighted by Gasteiger charge is -2.12. The van der Waals surface area contributed by atoms with Crippen LogP contribution in [0.1, 0.15) is 18.6 Å². The van der Waals surface area contributed by atoms with Gasteiger partial charge in [-0.3, -0.25) is 0 Å². The van der Waals surface area contributed by atoms with Gasteiger partial charge in [0.2, 0.25) is 0 Å². The summed E-state index contributed by atoms with van der Waals surface area (Å²) in [6, 6.07) is 5.59. The van der Waals surface area contributed by atoms with Gasteiger partial charge in [0.15, 0.2) is 6.79 Å². The maximum atomic E-state index is 9.46. The van der Waals surface area contributed by atoms with E-state index in [-0.39, 0.29) is 6.79 Å². The largest absolute Gasteiger partial charge is 0.466 e. The summed E-state index contributed by atoms with van der Waals surface area (Å²) in [5.41, 5.74) is 0.874. The summed E-state index contributed by atoms with van der Waals surface area (Å²) in [5, 5.41) is 9.46. The molecule has 0 amide bonds. The van der Waals surface area contributed by atoms with Crippen molar-refractivity contribution in [2.24, 2.45) is 0 Å². The van der Waals surface area contributed by atoms with E-state index >= 15 is 0 Å². The van der Waals surface area contributed by atoms with Gasteiger partial charge in [-0.25, -0.2) is 0 Å². The third-order valence-corrected chi connectivity index (χ3v) is 2.93. The molecule has 0 saturated carbocycles. The number of hydrogen-bond acceptors (Lipinski definition) is 3. The molecule has 0 saturated heterocycles. The second kappa shape index (κ2) is 5.53. The average molecular weight is 308 g/mol. The van der Waals surface area contributed by atoms with Gasteiger partial charge < -0.3 is 14.6 Å². The molecular weight excluding hydrogens is 295 g/mol. The molecule has 0 aliphatic rings. The van der Waals surface area contributed by atoms with Crippen LogP contribution in [0.5, 0.6) is 5.75 Å². The van der Waals surface area contributed by atoms with Crippen LogP contribution in [0.25, 0.3) is 0 Å². The predicted octanol–water partition coefficient (Wildman–Crippen LogP) is 2.33. The molecule has 0 aliphatic heterocycles. The maximum Gasteiger partial charge on any atom is 0.188 e. The summed E-state index contributed by atoms with van der Waals surface area (Å²) in [6.07, 6.45) is -0.479. The van der Waals surface area contributed by atoms with Crippen molar-refractivity contribution < 1.29 is 14.6 Å². The molecule has 1 atom stereocenters. The zero-order valence-corrected chi connectivity index (χ0v) is 10.3. The Hall–Kier alpha value is -0.330. The quantitative estimate of drug-likeness (QED) is 0.685. The van der Waals surface area contributed by atoms with Crippen LogP contribution < -0.4 is 4.74 Å². The smallest absolute Gasteiger partial charge is 0.188 e. The first-order valence-electron chi connectivity index (χ1n) is 4.25. The minimum atomic E-state index is -0.479. The molecule has 4 heteroatoms. The zero-order valence-electron chi connectivity index (χ0n) is 8.16. The molecule has 0 bridgehead atoms. The molecule has 3 nitrogen and oxygen atoms in total. The molecule has 0 aromatic heterocycles. The van der Waals surface area contributed by atoms with Crippen LogP contribution in [-0.2, 0) is 4.74 Å². The van der Waals surface area contributed by atoms with Crippen molar-refractivity contribution in [1.82, 2.24) is 0 Å². The highest BCUT2D eigenvalue weighted by Crippen LogP contribution is 2.28. The van der Waals surface area contributed by atoms with E-state index in [4.69, 9.17) is 9.47 Å². The van der Waals surface area contributed by atoms with E-state index < -0.39 is 6.10 Å². The number of halogens is 1. The van der Waals surface area contributed by atoms with Crippen LogP contribution in [0.2, 0.25) is 0 Å². The first-order chi connectivity index (χ1) is 6.66. The normalized spacial score (nSPS) is 12.6. The van der Waals surface area contributed by atoms with E-state index in [2.05, 4.69) is 22.6 Å². The fourth-order valence-electron chi connectivity index (χ4n) is 1.08. The summed E-state index contributed by atoms with van der Waals surface area (Å²) in [6.45, 7) is 1.96. The summed E-state index contributed by atoms with van der Waals surface area (Å²) in [5.74, 6) is 0.742. The van der Waals surface area contributed by atoms with Crippen molar-refractivity contribution in [3.05, 3.63) is 27.3 Å². The van der Waals surface area contributed by atoms with Gasteiger partial charge in [0.05, 0.1) is 9.67 Å². The van der Waals surface area contributed by atoms with Crippen LogP contribution in [0.3, 0.4) is 0 Å². The average Bonchev–Trinajstić information content (AvgIpc) is 2.16. The molecule has 0 aliphatic carbocycles. The van der Waals surface area contributed by atoms with Crippen molar-refractivity contribution in [3.8, 4) is 5.75 Å². The Bertz CT molecular complexity index is 299. The molecule has 1 rings (SSSR count). The zero-order chi connectivity index (χ0) is 10.6. The van der Waals surface area contributed by atoms with E-state index in [0.717, 1.165) is 14.9 Å². The summed E-state index contributed by atoms with van der Waals surface area (Å²) < 4.78 is 11.1. The molecule has 1 aromatic carbocycles. The van der Waals surface area contributed by atoms with E-state index in [9.17, 15) is 5.11 Å². The molecule has 1 N–H and O–H groups in total. The second-order valence-corrected chi connectivity index (χ2v) is 3.96. The Morgan fingerprint density at radius 2 is 2.21 bits per heavy atom. The number of benzene rings is 1. The van der Waals surface area contributed by atoms with Crippen LogP contribution in [0.4, 0.5) is 0 Å². The Labute approximate surface area is 97.2 Å². The number of ether oxygens (including phenoxy) is 2. The van der Waals surface area contributed by atoms with E-state index in [1.807, 2.05) is 18.2 Å². The van der Waals surface area contributed by atoms with Crippen molar-refractivity contribution in [2.45, 2.75) is 13.0 Å². The third kappa shape index (κ3) is 2.83. The molecule has 0 fully saturated rings. The Balaban J connectivity index is 2.89. The highest BCUT2D eigenvalue weighted by molar-refractivity contribution is 14.1. The second-order valence-electron chi connectivity index (χ2n) is 2.89. The van der Waals surface area contributed by atoms with Gasteiger partial charge in [0, 0.05) is 7.11 Å². The Kier molecular flexibility index (Phi) is 4.64. The minimum absolute atomic E-state index is 0.221. The lowest BCUT2D eigenvalue weighted by Crippen LogP contribution is -2.03. The predicted molar refractivity (Wildman–Crippen MR) is 62.3 cm³/mol. The van der Waals surface area contributed by atoms with Crippen molar-refractivity contribution in [3.63, 3.8) is 0 Å². The highest BCUT2D eigenvalue weighted by Gasteiger charge is 2.10. The first kappa shape index (κ1) is 11.7. The number of methoxy groups -OCH3 is 1. The van der Waals surface area contributed by atoms with Gasteiger partial charge in [-0.05, 0) is 41.1 Å². The summed E-state index contributed by atoms with van der Waals surface area (Å²) in [4.78, 5) is 0. The molecule has 1 unspecified atom stereocenters. The van der Waals surface area contributed by atoms with Gasteiger partial charge in [-0.15, -0.1) is 0 Å². The number of aliphatic hydroxyl groups is 1. The minimum Gasteiger partial charge on any atom is -0.466 e. The molecule has 78 valence electrons. The number of hydrogen-bond donors (Lipinski definition) is 1. The lowest BCUT2D eigenvalue weighted by molar-refractivity contribution is 0.0502. The fraction of sp³-hybridized carbons (Fsp3) is 0.400. The summed E-state index contributed by atoms with van der Waals surface area (Å²) >= 11 is 2.16. The molecule has 0 radical (unpaired) electrons. The van der Waals surface area contributed by atoms with Crippen LogP contribution in [-0.4, -0.2) is 19.0 Å². The molecule has 14 heavy (non-hydrogen) atoms. The highest BCUT2D eigenvalue weighted by atomic mass is 127. The Morgan fingerprint density at radius 1 is 1.50 bits per heavy atom. The SMILES string of the molecule is COCOc1cccc(C(C)O)c1I. The van der Waals surface area contributed by atoms with Gasteiger partial charge in [0.25, 0.3) is 0 Å². The Morgan fingerprint density at radius 3 is 2.79 bits per heavy atom. The van der Waals surface area contributed by atoms with Crippen LogP contribution in [0, 0.1) is 3.57 Å². The van der Waals surface area contributed by atoms with Gasteiger partial charge in [-0.1, -0.05) is 12.1 Å². The summed E-state index contributed by atoms with van der Waals surface area (Å²) in [7, 11) is 1.57. The first-order valence-corrected chi connectivity index (χ1v) is 5.33. The molecule has 0 spiro atoms. The third-order valence-electron chi connectivity index (χ3n) is 1.78. The number of rotatable bonds is 4. The lowest BCUT2D eigenvalue weighted by atomic mass is 10.1.